The highest BCUT2D eigenvalue weighted by Crippen LogP contribution is 2.24. The van der Waals surface area contributed by atoms with Crippen LogP contribution in [0, 0.1) is 17.1 Å². The highest BCUT2D eigenvalue weighted by Gasteiger charge is 2.17. The van der Waals surface area contributed by atoms with Gasteiger partial charge in [0.1, 0.15) is 17.9 Å². The van der Waals surface area contributed by atoms with E-state index in [0.717, 1.165) is 6.07 Å². The minimum Gasteiger partial charge on any atom is -0.382 e. The largest absolute Gasteiger partial charge is 0.382 e. The number of carbonyl (C=O) groups is 1. The Morgan fingerprint density at radius 2 is 2.39 bits per heavy atom. The fraction of sp³-hybridized carbons (Fsp3) is 0.273. The number of nitriles is 1. The van der Waals surface area contributed by atoms with Crippen LogP contribution in [0.25, 0.3) is 0 Å². The molecule has 0 aliphatic rings. The zero-order valence-electron chi connectivity index (χ0n) is 9.54. The standard InChI is InChI=1S/C11H11BrFN3O2/c1-18-5-10(11(15)17)16-9-3-7(12)6(4-14)2-8(9)13/h2-3,10,16H,5H2,1H3,(H2,15,17)/t10-/m1/s1. The van der Waals surface area contributed by atoms with Gasteiger partial charge < -0.3 is 15.8 Å². The first-order chi connectivity index (χ1) is 8.49. The van der Waals surface area contributed by atoms with Gasteiger partial charge in [-0.3, -0.25) is 4.79 Å². The summed E-state index contributed by atoms with van der Waals surface area (Å²) in [6.07, 6.45) is 0. The topological polar surface area (TPSA) is 88.1 Å². The number of amides is 1. The summed E-state index contributed by atoms with van der Waals surface area (Å²) in [4.78, 5) is 11.1. The Bertz CT molecular complexity index is 502. The molecule has 0 fully saturated rings. The number of methoxy groups -OCH3 is 1. The Morgan fingerprint density at radius 1 is 1.72 bits per heavy atom. The summed E-state index contributed by atoms with van der Waals surface area (Å²) in [5.41, 5.74) is 5.38. The van der Waals surface area contributed by atoms with Crippen molar-refractivity contribution < 1.29 is 13.9 Å². The van der Waals surface area contributed by atoms with Crippen LogP contribution in [0.15, 0.2) is 16.6 Å². The van der Waals surface area contributed by atoms with Crippen molar-refractivity contribution in [3.63, 3.8) is 0 Å². The van der Waals surface area contributed by atoms with E-state index in [1.54, 1.807) is 0 Å². The second-order valence-electron chi connectivity index (χ2n) is 3.48. The molecule has 0 spiro atoms. The molecule has 0 aromatic heterocycles. The summed E-state index contributed by atoms with van der Waals surface area (Å²) in [6, 6.07) is 3.43. The Morgan fingerprint density at radius 3 is 2.89 bits per heavy atom. The van der Waals surface area contributed by atoms with Gasteiger partial charge in [-0.05, 0) is 28.1 Å². The normalized spacial score (nSPS) is 11.7. The first-order valence-electron chi connectivity index (χ1n) is 4.93. The Kier molecular flexibility index (Phi) is 5.07. The Labute approximate surface area is 112 Å². The van der Waals surface area contributed by atoms with Crippen molar-refractivity contribution in [2.75, 3.05) is 19.0 Å². The van der Waals surface area contributed by atoms with Crippen molar-refractivity contribution >= 4 is 27.5 Å². The summed E-state index contributed by atoms with van der Waals surface area (Å²) < 4.78 is 18.9. The van der Waals surface area contributed by atoms with Gasteiger partial charge in [0.25, 0.3) is 0 Å². The van der Waals surface area contributed by atoms with E-state index in [-0.39, 0.29) is 17.9 Å². The molecule has 96 valence electrons. The van der Waals surface area contributed by atoms with Crippen LogP contribution in [-0.4, -0.2) is 25.7 Å². The van der Waals surface area contributed by atoms with Crippen LogP contribution >= 0.6 is 15.9 Å². The molecule has 7 heteroatoms. The van der Waals surface area contributed by atoms with Gasteiger partial charge in [-0.25, -0.2) is 4.39 Å². The van der Waals surface area contributed by atoms with E-state index in [0.29, 0.717) is 4.47 Å². The van der Waals surface area contributed by atoms with E-state index >= 15 is 0 Å². The molecule has 0 aliphatic carbocycles. The van der Waals surface area contributed by atoms with Crippen molar-refractivity contribution in [3.05, 3.63) is 28.0 Å². The molecule has 1 atom stereocenters. The second-order valence-corrected chi connectivity index (χ2v) is 4.33. The molecular weight excluding hydrogens is 305 g/mol. The molecule has 0 bridgehead atoms. The molecule has 0 saturated carbocycles. The average Bonchev–Trinajstić information content (AvgIpc) is 2.32. The summed E-state index contributed by atoms with van der Waals surface area (Å²) >= 11 is 3.13. The number of hydrogen-bond donors (Lipinski definition) is 2. The lowest BCUT2D eigenvalue weighted by atomic mass is 10.2. The summed E-state index contributed by atoms with van der Waals surface area (Å²) in [7, 11) is 1.41. The fourth-order valence-electron chi connectivity index (χ4n) is 1.29. The van der Waals surface area contributed by atoms with E-state index in [9.17, 15) is 9.18 Å². The summed E-state index contributed by atoms with van der Waals surface area (Å²) in [5, 5.41) is 11.4. The lowest BCUT2D eigenvalue weighted by molar-refractivity contribution is -0.119. The number of nitrogens with zero attached hydrogens (tertiary/aromatic N) is 1. The number of rotatable bonds is 5. The van der Waals surface area contributed by atoms with Gasteiger partial charge >= 0.3 is 0 Å². The van der Waals surface area contributed by atoms with Crippen molar-refractivity contribution in [3.8, 4) is 6.07 Å². The van der Waals surface area contributed by atoms with Gasteiger partial charge in [0.15, 0.2) is 0 Å². The first kappa shape index (κ1) is 14.4. The lowest BCUT2D eigenvalue weighted by Gasteiger charge is -2.16. The quantitative estimate of drug-likeness (QED) is 0.859. The minimum atomic E-state index is -0.843. The summed E-state index contributed by atoms with van der Waals surface area (Å²) in [6.45, 7) is 0.0202. The molecule has 1 aromatic rings. The van der Waals surface area contributed by atoms with Crippen LogP contribution in [0.3, 0.4) is 0 Å². The molecule has 5 nitrogen and oxygen atoms in total. The van der Waals surface area contributed by atoms with Crippen LogP contribution in [0.1, 0.15) is 5.56 Å². The SMILES string of the molecule is COC[C@@H](Nc1cc(Br)c(C#N)cc1F)C(N)=O. The number of carbonyl (C=O) groups excluding carboxylic acids is 1. The van der Waals surface area contributed by atoms with Gasteiger partial charge in [-0.1, -0.05) is 0 Å². The van der Waals surface area contributed by atoms with Gasteiger partial charge in [0, 0.05) is 11.6 Å². The van der Waals surface area contributed by atoms with Gasteiger partial charge in [-0.2, -0.15) is 5.26 Å². The second kappa shape index (κ2) is 6.33. The number of benzene rings is 1. The maximum absolute atomic E-state index is 13.7. The molecule has 1 aromatic carbocycles. The molecule has 1 amide bonds. The molecule has 0 unspecified atom stereocenters. The number of ether oxygens (including phenoxy) is 1. The summed E-state index contributed by atoms with van der Waals surface area (Å²) in [5.74, 6) is -1.30. The van der Waals surface area contributed by atoms with Crippen LogP contribution in [0.4, 0.5) is 10.1 Å². The number of hydrogen-bond acceptors (Lipinski definition) is 4. The molecule has 0 radical (unpaired) electrons. The van der Waals surface area contributed by atoms with E-state index in [2.05, 4.69) is 21.2 Å². The number of nitrogens with one attached hydrogen (secondary N) is 1. The zero-order chi connectivity index (χ0) is 13.7. The molecular formula is C11H11BrFN3O2. The smallest absolute Gasteiger partial charge is 0.242 e. The maximum atomic E-state index is 13.7. The Hall–Kier alpha value is -1.65. The van der Waals surface area contributed by atoms with Crippen molar-refractivity contribution in [2.45, 2.75) is 6.04 Å². The highest BCUT2D eigenvalue weighted by molar-refractivity contribution is 9.10. The first-order valence-corrected chi connectivity index (χ1v) is 5.72. The average molecular weight is 316 g/mol. The van der Waals surface area contributed by atoms with E-state index in [4.69, 9.17) is 15.7 Å². The molecule has 1 rings (SSSR count). The molecule has 18 heavy (non-hydrogen) atoms. The monoisotopic (exact) mass is 315 g/mol. The van der Waals surface area contributed by atoms with Crippen LogP contribution in [-0.2, 0) is 9.53 Å². The number of halogens is 2. The van der Waals surface area contributed by atoms with Gasteiger partial charge in [0.05, 0.1) is 17.9 Å². The van der Waals surface area contributed by atoms with Crippen LogP contribution in [0.5, 0.6) is 0 Å². The van der Waals surface area contributed by atoms with E-state index in [1.165, 1.54) is 13.2 Å². The lowest BCUT2D eigenvalue weighted by Crippen LogP contribution is -2.39. The predicted octanol–water partition coefficient (Wildman–Crippen LogP) is 1.37. The van der Waals surface area contributed by atoms with Crippen LogP contribution < -0.4 is 11.1 Å². The zero-order valence-corrected chi connectivity index (χ0v) is 11.1. The number of anilines is 1. The molecule has 3 N–H and O–H groups in total. The van der Waals surface area contributed by atoms with Crippen LogP contribution in [0.2, 0.25) is 0 Å². The van der Waals surface area contributed by atoms with Gasteiger partial charge in [0.2, 0.25) is 5.91 Å². The number of nitrogens with two attached hydrogens (primary N) is 1. The van der Waals surface area contributed by atoms with E-state index in [1.807, 2.05) is 6.07 Å². The third kappa shape index (κ3) is 3.42. The Balaban J connectivity index is 3.00. The number of primary amides is 1. The van der Waals surface area contributed by atoms with Crippen molar-refractivity contribution in [2.24, 2.45) is 5.73 Å². The van der Waals surface area contributed by atoms with Gasteiger partial charge in [-0.15, -0.1) is 0 Å². The highest BCUT2D eigenvalue weighted by atomic mass is 79.9. The molecule has 0 aliphatic heterocycles. The maximum Gasteiger partial charge on any atom is 0.242 e. The fourth-order valence-corrected chi connectivity index (χ4v) is 1.72. The van der Waals surface area contributed by atoms with E-state index < -0.39 is 17.8 Å². The van der Waals surface area contributed by atoms with Crippen molar-refractivity contribution in [1.29, 1.82) is 5.26 Å². The molecule has 0 saturated heterocycles. The minimum absolute atomic E-state index is 0.0202. The predicted molar refractivity (Wildman–Crippen MR) is 67.3 cm³/mol. The third-order valence-corrected chi connectivity index (χ3v) is 2.84. The third-order valence-electron chi connectivity index (χ3n) is 2.18. The van der Waals surface area contributed by atoms with Crippen molar-refractivity contribution in [1.82, 2.24) is 0 Å². The molecule has 0 heterocycles.